The molecule has 1 saturated heterocycles. The molecule has 0 spiro atoms. The Bertz CT molecular complexity index is 786. The van der Waals surface area contributed by atoms with Crippen LogP contribution in [0.25, 0.3) is 10.9 Å². The van der Waals surface area contributed by atoms with Gasteiger partial charge in [-0.1, -0.05) is 19.1 Å². The fourth-order valence-electron chi connectivity index (χ4n) is 3.04. The number of hydrogen-bond acceptors (Lipinski definition) is 5. The van der Waals surface area contributed by atoms with E-state index in [1.54, 1.807) is 18.2 Å². The van der Waals surface area contributed by atoms with E-state index in [4.69, 9.17) is 0 Å². The smallest absolute Gasteiger partial charge is 0.262 e. The molecule has 3 rings (SSSR count). The number of anilines is 1. The van der Waals surface area contributed by atoms with Crippen molar-refractivity contribution in [3.8, 4) is 0 Å². The van der Waals surface area contributed by atoms with E-state index < -0.39 is 0 Å². The van der Waals surface area contributed by atoms with Crippen molar-refractivity contribution in [1.82, 2.24) is 14.9 Å². The maximum absolute atomic E-state index is 12.7. The lowest BCUT2D eigenvalue weighted by Crippen LogP contribution is -2.56. The molecule has 0 radical (unpaired) electrons. The Morgan fingerprint density at radius 1 is 1.35 bits per heavy atom. The number of nitrogens with zero attached hydrogens (tertiary/aromatic N) is 3. The van der Waals surface area contributed by atoms with Crippen LogP contribution >= 0.6 is 0 Å². The van der Waals surface area contributed by atoms with Gasteiger partial charge >= 0.3 is 0 Å². The second-order valence-corrected chi connectivity index (χ2v) is 5.52. The van der Waals surface area contributed by atoms with Crippen molar-refractivity contribution in [3.63, 3.8) is 0 Å². The molecule has 23 heavy (non-hydrogen) atoms. The monoisotopic (exact) mass is 316 g/mol. The van der Waals surface area contributed by atoms with Crippen molar-refractivity contribution >= 4 is 22.8 Å². The summed E-state index contributed by atoms with van der Waals surface area (Å²) in [6.45, 7) is 3.01. The molecule has 0 saturated carbocycles. The van der Waals surface area contributed by atoms with Crippen molar-refractivity contribution in [3.05, 3.63) is 34.6 Å². The van der Waals surface area contributed by atoms with Crippen LogP contribution in [0, 0.1) is 0 Å². The molecule has 0 bridgehead atoms. The van der Waals surface area contributed by atoms with Gasteiger partial charge in [0, 0.05) is 13.1 Å². The molecule has 7 nitrogen and oxygen atoms in total. The average molecular weight is 316 g/mol. The lowest BCUT2D eigenvalue weighted by molar-refractivity contribution is -0.123. The molecule has 2 heterocycles. The number of hydrogen-bond donors (Lipinski definition) is 2. The molecule has 2 aromatic rings. The second kappa shape index (κ2) is 6.37. The number of rotatable bonds is 4. The topological polar surface area (TPSA) is 87.5 Å². The third-order valence-electron chi connectivity index (χ3n) is 4.14. The van der Waals surface area contributed by atoms with Crippen LogP contribution in [0.4, 0.5) is 5.95 Å². The first-order valence-corrected chi connectivity index (χ1v) is 7.82. The standard InChI is InChI=1S/C16H20N4O3/c1-2-13-14(22)17-7-8-19(13)16-18-12-6-4-3-5-11(12)15(23)20(16)9-10-21/h3-6,13,21H,2,7-10H2,1H3,(H,17,22). The van der Waals surface area contributed by atoms with E-state index in [-0.39, 0.29) is 30.7 Å². The molecule has 1 amide bonds. The van der Waals surface area contributed by atoms with Gasteiger partial charge in [0.25, 0.3) is 5.56 Å². The number of piperazine rings is 1. The Balaban J connectivity index is 2.20. The fraction of sp³-hybridized carbons (Fsp3) is 0.438. The number of amides is 1. The van der Waals surface area contributed by atoms with Gasteiger partial charge < -0.3 is 15.3 Å². The Labute approximate surface area is 133 Å². The molecule has 1 aromatic carbocycles. The van der Waals surface area contributed by atoms with Gasteiger partial charge in [-0.25, -0.2) is 4.98 Å². The van der Waals surface area contributed by atoms with Crippen molar-refractivity contribution in [2.75, 3.05) is 24.6 Å². The summed E-state index contributed by atoms with van der Waals surface area (Å²) < 4.78 is 1.46. The summed E-state index contributed by atoms with van der Waals surface area (Å²) in [5.74, 6) is 0.390. The van der Waals surface area contributed by atoms with Gasteiger partial charge in [0.05, 0.1) is 24.1 Å². The van der Waals surface area contributed by atoms with Crippen LogP contribution in [0.3, 0.4) is 0 Å². The molecule has 0 aliphatic carbocycles. The summed E-state index contributed by atoms with van der Waals surface area (Å²) in [5.41, 5.74) is 0.406. The highest BCUT2D eigenvalue weighted by molar-refractivity contribution is 5.86. The number of aliphatic hydroxyl groups is 1. The Morgan fingerprint density at radius 3 is 2.87 bits per heavy atom. The van der Waals surface area contributed by atoms with Crippen LogP contribution < -0.4 is 15.8 Å². The highest BCUT2D eigenvalue weighted by Gasteiger charge is 2.31. The third-order valence-corrected chi connectivity index (χ3v) is 4.14. The second-order valence-electron chi connectivity index (χ2n) is 5.52. The maximum atomic E-state index is 12.7. The van der Waals surface area contributed by atoms with Crippen LogP contribution in [0.2, 0.25) is 0 Å². The van der Waals surface area contributed by atoms with Crippen molar-refractivity contribution in [2.45, 2.75) is 25.9 Å². The summed E-state index contributed by atoms with van der Waals surface area (Å²) in [6.07, 6.45) is 0.619. The zero-order valence-electron chi connectivity index (χ0n) is 13.0. The summed E-state index contributed by atoms with van der Waals surface area (Å²) in [4.78, 5) is 31.3. The van der Waals surface area contributed by atoms with Crippen molar-refractivity contribution < 1.29 is 9.90 Å². The first-order valence-electron chi connectivity index (χ1n) is 7.82. The van der Waals surface area contributed by atoms with Gasteiger partial charge in [-0.05, 0) is 18.6 Å². The zero-order chi connectivity index (χ0) is 16.4. The first kappa shape index (κ1) is 15.5. The quantitative estimate of drug-likeness (QED) is 0.835. The van der Waals surface area contributed by atoms with Crippen LogP contribution in [-0.2, 0) is 11.3 Å². The zero-order valence-corrected chi connectivity index (χ0v) is 13.0. The molecular weight excluding hydrogens is 296 g/mol. The number of aliphatic hydroxyl groups excluding tert-OH is 1. The summed E-state index contributed by atoms with van der Waals surface area (Å²) in [5, 5.41) is 12.7. The van der Waals surface area contributed by atoms with Crippen LogP contribution in [0.1, 0.15) is 13.3 Å². The molecule has 1 fully saturated rings. The van der Waals surface area contributed by atoms with Crippen LogP contribution in [0.5, 0.6) is 0 Å². The molecule has 1 aromatic heterocycles. The van der Waals surface area contributed by atoms with E-state index in [2.05, 4.69) is 10.3 Å². The molecule has 1 atom stereocenters. The molecule has 7 heteroatoms. The third kappa shape index (κ3) is 2.68. The average Bonchev–Trinajstić information content (AvgIpc) is 2.57. The van der Waals surface area contributed by atoms with Crippen molar-refractivity contribution in [2.24, 2.45) is 0 Å². The molecule has 1 aliphatic rings. The first-order chi connectivity index (χ1) is 11.2. The molecule has 1 unspecified atom stereocenters. The molecule has 2 N–H and O–H groups in total. The van der Waals surface area contributed by atoms with E-state index in [9.17, 15) is 14.7 Å². The Kier molecular flexibility index (Phi) is 4.29. The van der Waals surface area contributed by atoms with E-state index in [1.807, 2.05) is 17.9 Å². The van der Waals surface area contributed by atoms with E-state index in [1.165, 1.54) is 4.57 Å². The van der Waals surface area contributed by atoms with Gasteiger partial charge in [-0.15, -0.1) is 0 Å². The van der Waals surface area contributed by atoms with E-state index >= 15 is 0 Å². The highest BCUT2D eigenvalue weighted by Crippen LogP contribution is 2.20. The fourth-order valence-corrected chi connectivity index (χ4v) is 3.04. The summed E-state index contributed by atoms with van der Waals surface area (Å²) in [7, 11) is 0. The van der Waals surface area contributed by atoms with Crippen LogP contribution in [-0.4, -0.2) is 46.3 Å². The lowest BCUT2D eigenvalue weighted by Gasteiger charge is -2.36. The van der Waals surface area contributed by atoms with Crippen LogP contribution in [0.15, 0.2) is 29.1 Å². The summed E-state index contributed by atoms with van der Waals surface area (Å²) >= 11 is 0. The van der Waals surface area contributed by atoms with Gasteiger partial charge in [0.15, 0.2) is 0 Å². The Hall–Kier alpha value is -2.41. The number of fused-ring (bicyclic) bond motifs is 1. The maximum Gasteiger partial charge on any atom is 0.262 e. The largest absolute Gasteiger partial charge is 0.395 e. The van der Waals surface area contributed by atoms with E-state index in [0.29, 0.717) is 36.4 Å². The lowest BCUT2D eigenvalue weighted by atomic mass is 10.1. The number of benzene rings is 1. The highest BCUT2D eigenvalue weighted by atomic mass is 16.3. The minimum atomic E-state index is -0.359. The van der Waals surface area contributed by atoms with Gasteiger partial charge in [0.2, 0.25) is 11.9 Å². The number of para-hydroxylation sites is 1. The van der Waals surface area contributed by atoms with Crippen molar-refractivity contribution in [1.29, 1.82) is 0 Å². The predicted octanol–water partition coefficient (Wildman–Crippen LogP) is 0.104. The number of nitrogens with one attached hydrogen (secondary N) is 1. The molecule has 1 aliphatic heterocycles. The number of aromatic nitrogens is 2. The van der Waals surface area contributed by atoms with E-state index in [0.717, 1.165) is 0 Å². The normalized spacial score (nSPS) is 18.3. The minimum Gasteiger partial charge on any atom is -0.395 e. The van der Waals surface area contributed by atoms with Gasteiger partial charge in [0.1, 0.15) is 6.04 Å². The predicted molar refractivity (Wildman–Crippen MR) is 87.5 cm³/mol. The summed E-state index contributed by atoms with van der Waals surface area (Å²) in [6, 6.07) is 6.77. The van der Waals surface area contributed by atoms with Gasteiger partial charge in [-0.3, -0.25) is 14.2 Å². The SMILES string of the molecule is CCC1C(=O)NCCN1c1nc2ccccc2c(=O)n1CCO. The minimum absolute atomic E-state index is 0.0586. The number of carbonyl (C=O) groups is 1. The molecular formula is C16H20N4O3. The Morgan fingerprint density at radius 2 is 2.13 bits per heavy atom. The van der Waals surface area contributed by atoms with Gasteiger partial charge in [-0.2, -0.15) is 0 Å². The number of carbonyl (C=O) groups excluding carboxylic acids is 1. The molecule has 122 valence electrons.